The minimum Gasteiger partial charge on any atom is -0.496 e. The summed E-state index contributed by atoms with van der Waals surface area (Å²) in [4.78, 5) is 0. The van der Waals surface area contributed by atoms with Crippen molar-refractivity contribution >= 4 is 31.9 Å². The first-order valence-corrected chi connectivity index (χ1v) is 7.63. The Labute approximate surface area is 134 Å². The summed E-state index contributed by atoms with van der Waals surface area (Å²) in [6.07, 6.45) is 0.406. The third-order valence-corrected chi connectivity index (χ3v) is 4.03. The number of hydrogen-bond acceptors (Lipinski definition) is 2. The molecule has 106 valence electrons. The Kier molecular flexibility index (Phi) is 5.18. The second-order valence-electron chi connectivity index (χ2n) is 4.43. The van der Waals surface area contributed by atoms with Crippen LogP contribution in [0.25, 0.3) is 0 Å². The van der Waals surface area contributed by atoms with Crippen molar-refractivity contribution in [3.05, 3.63) is 62.3 Å². The van der Waals surface area contributed by atoms with E-state index >= 15 is 0 Å². The Bertz CT molecular complexity index is 619. The molecule has 0 fully saturated rings. The molecule has 2 rings (SSSR count). The molecule has 5 heteroatoms. The van der Waals surface area contributed by atoms with Gasteiger partial charge in [-0.05, 0) is 42.3 Å². The van der Waals surface area contributed by atoms with E-state index in [9.17, 15) is 4.39 Å². The lowest BCUT2D eigenvalue weighted by Crippen LogP contribution is -2.15. The summed E-state index contributed by atoms with van der Waals surface area (Å²) in [6.45, 7) is 0. The molecular weight excluding hydrogens is 389 g/mol. The first kappa shape index (κ1) is 15.5. The topological polar surface area (TPSA) is 35.2 Å². The minimum absolute atomic E-state index is 0.250. The van der Waals surface area contributed by atoms with Crippen molar-refractivity contribution in [2.45, 2.75) is 12.5 Å². The standard InChI is InChI=1S/C15H14Br2FNO/c1-20-15-8-11(17)2-4-12(15)14(19)7-9-6-10(16)3-5-13(9)18/h2-6,8,14H,7,19H2,1H3. The fourth-order valence-corrected chi connectivity index (χ4v) is 2.79. The molecule has 0 radical (unpaired) electrons. The number of nitrogens with two attached hydrogens (primary N) is 1. The summed E-state index contributed by atoms with van der Waals surface area (Å²) >= 11 is 6.73. The lowest BCUT2D eigenvalue weighted by molar-refractivity contribution is 0.405. The summed E-state index contributed by atoms with van der Waals surface area (Å²) in [5, 5.41) is 0. The van der Waals surface area contributed by atoms with Crippen molar-refractivity contribution in [1.29, 1.82) is 0 Å². The first-order chi connectivity index (χ1) is 9.51. The van der Waals surface area contributed by atoms with Gasteiger partial charge in [-0.1, -0.05) is 37.9 Å². The Morgan fingerprint density at radius 2 is 1.80 bits per heavy atom. The molecular formula is C15H14Br2FNO. The van der Waals surface area contributed by atoms with Crippen LogP contribution >= 0.6 is 31.9 Å². The highest BCUT2D eigenvalue weighted by Crippen LogP contribution is 2.30. The molecule has 0 bridgehead atoms. The van der Waals surface area contributed by atoms with Gasteiger partial charge in [-0.3, -0.25) is 0 Å². The Balaban J connectivity index is 2.28. The van der Waals surface area contributed by atoms with Crippen LogP contribution < -0.4 is 10.5 Å². The smallest absolute Gasteiger partial charge is 0.126 e. The average molecular weight is 403 g/mol. The fourth-order valence-electron chi connectivity index (χ4n) is 2.04. The van der Waals surface area contributed by atoms with Gasteiger partial charge < -0.3 is 10.5 Å². The molecule has 0 spiro atoms. The van der Waals surface area contributed by atoms with Gasteiger partial charge in [0.25, 0.3) is 0 Å². The molecule has 1 unspecified atom stereocenters. The van der Waals surface area contributed by atoms with Gasteiger partial charge in [0.1, 0.15) is 11.6 Å². The van der Waals surface area contributed by atoms with Crippen LogP contribution in [0.2, 0.25) is 0 Å². The van der Waals surface area contributed by atoms with E-state index in [-0.39, 0.29) is 11.9 Å². The highest BCUT2D eigenvalue weighted by Gasteiger charge is 2.15. The summed E-state index contributed by atoms with van der Waals surface area (Å²) in [5.41, 5.74) is 7.63. The van der Waals surface area contributed by atoms with Gasteiger partial charge in [-0.2, -0.15) is 0 Å². The van der Waals surface area contributed by atoms with E-state index < -0.39 is 0 Å². The third kappa shape index (κ3) is 3.59. The van der Waals surface area contributed by atoms with Crippen molar-refractivity contribution in [2.24, 2.45) is 5.73 Å². The average Bonchev–Trinajstić information content (AvgIpc) is 2.42. The zero-order valence-electron chi connectivity index (χ0n) is 10.9. The van der Waals surface area contributed by atoms with E-state index in [0.717, 1.165) is 14.5 Å². The second kappa shape index (κ2) is 6.70. The van der Waals surface area contributed by atoms with Gasteiger partial charge in [-0.25, -0.2) is 4.39 Å². The third-order valence-electron chi connectivity index (χ3n) is 3.04. The first-order valence-electron chi connectivity index (χ1n) is 6.04. The lowest BCUT2D eigenvalue weighted by atomic mass is 9.98. The number of benzene rings is 2. The molecule has 0 aliphatic rings. The molecule has 2 aromatic rings. The maximum atomic E-state index is 13.8. The zero-order valence-corrected chi connectivity index (χ0v) is 14.0. The maximum Gasteiger partial charge on any atom is 0.126 e. The molecule has 0 heterocycles. The highest BCUT2D eigenvalue weighted by atomic mass is 79.9. The molecule has 20 heavy (non-hydrogen) atoms. The van der Waals surface area contributed by atoms with E-state index in [1.807, 2.05) is 18.2 Å². The van der Waals surface area contributed by atoms with Crippen molar-refractivity contribution < 1.29 is 9.13 Å². The quantitative estimate of drug-likeness (QED) is 0.810. The molecule has 0 saturated heterocycles. The molecule has 0 aliphatic heterocycles. The maximum absolute atomic E-state index is 13.8. The van der Waals surface area contributed by atoms with Crippen LogP contribution in [0.1, 0.15) is 17.2 Å². The predicted octanol–water partition coefficient (Wildman–Crippen LogP) is 4.60. The van der Waals surface area contributed by atoms with Crippen LogP contribution in [0.3, 0.4) is 0 Å². The van der Waals surface area contributed by atoms with Gasteiger partial charge in [0, 0.05) is 20.6 Å². The fraction of sp³-hybridized carbons (Fsp3) is 0.200. The lowest BCUT2D eigenvalue weighted by Gasteiger charge is -2.16. The normalized spacial score (nSPS) is 12.2. The number of rotatable bonds is 4. The molecule has 0 saturated carbocycles. The second-order valence-corrected chi connectivity index (χ2v) is 6.26. The molecule has 2 nitrogen and oxygen atoms in total. The van der Waals surface area contributed by atoms with Crippen molar-refractivity contribution in [1.82, 2.24) is 0 Å². The van der Waals surface area contributed by atoms with Crippen molar-refractivity contribution in [3.63, 3.8) is 0 Å². The van der Waals surface area contributed by atoms with E-state index in [4.69, 9.17) is 10.5 Å². The van der Waals surface area contributed by atoms with Crippen LogP contribution in [-0.4, -0.2) is 7.11 Å². The molecule has 1 atom stereocenters. The van der Waals surface area contributed by atoms with Gasteiger partial charge in [0.05, 0.1) is 7.11 Å². The molecule has 2 aromatic carbocycles. The summed E-state index contributed by atoms with van der Waals surface area (Å²) in [7, 11) is 1.59. The molecule has 0 aliphatic carbocycles. The van der Waals surface area contributed by atoms with Crippen LogP contribution in [-0.2, 0) is 6.42 Å². The van der Waals surface area contributed by atoms with Crippen LogP contribution in [0.4, 0.5) is 4.39 Å². The zero-order chi connectivity index (χ0) is 14.7. The number of methoxy groups -OCH3 is 1. The Morgan fingerprint density at radius 1 is 1.15 bits per heavy atom. The largest absolute Gasteiger partial charge is 0.496 e. The Morgan fingerprint density at radius 3 is 2.50 bits per heavy atom. The van der Waals surface area contributed by atoms with E-state index in [1.165, 1.54) is 6.07 Å². The Hall–Kier alpha value is -0.910. The minimum atomic E-state index is -0.332. The van der Waals surface area contributed by atoms with Crippen LogP contribution in [0.15, 0.2) is 45.3 Å². The summed E-state index contributed by atoms with van der Waals surface area (Å²) in [6, 6.07) is 10.2. The highest BCUT2D eigenvalue weighted by molar-refractivity contribution is 9.10. The van der Waals surface area contributed by atoms with E-state index in [0.29, 0.717) is 17.7 Å². The monoisotopic (exact) mass is 401 g/mol. The van der Waals surface area contributed by atoms with Crippen molar-refractivity contribution in [3.8, 4) is 5.75 Å². The van der Waals surface area contributed by atoms with Crippen LogP contribution in [0.5, 0.6) is 5.75 Å². The summed E-state index contributed by atoms with van der Waals surface area (Å²) in [5.74, 6) is 0.446. The van der Waals surface area contributed by atoms with Gasteiger partial charge >= 0.3 is 0 Å². The van der Waals surface area contributed by atoms with Gasteiger partial charge in [0.2, 0.25) is 0 Å². The summed E-state index contributed by atoms with van der Waals surface area (Å²) < 4.78 is 20.9. The van der Waals surface area contributed by atoms with E-state index in [2.05, 4.69) is 31.9 Å². The predicted molar refractivity (Wildman–Crippen MR) is 85.4 cm³/mol. The van der Waals surface area contributed by atoms with E-state index in [1.54, 1.807) is 19.2 Å². The molecule has 0 amide bonds. The number of hydrogen-bond donors (Lipinski definition) is 1. The SMILES string of the molecule is COc1cc(Br)ccc1C(N)Cc1cc(Br)ccc1F. The number of ether oxygens (including phenoxy) is 1. The molecule has 2 N–H and O–H groups in total. The van der Waals surface area contributed by atoms with Gasteiger partial charge in [0.15, 0.2) is 0 Å². The van der Waals surface area contributed by atoms with Crippen LogP contribution in [0, 0.1) is 5.82 Å². The molecule has 0 aromatic heterocycles. The van der Waals surface area contributed by atoms with Crippen molar-refractivity contribution in [2.75, 3.05) is 7.11 Å². The number of halogens is 3. The van der Waals surface area contributed by atoms with Gasteiger partial charge in [-0.15, -0.1) is 0 Å².